The topological polar surface area (TPSA) is 113 Å². The molecule has 0 saturated heterocycles. The number of ether oxygens (including phenoxy) is 1. The number of aromatic amines is 1. The highest BCUT2D eigenvalue weighted by molar-refractivity contribution is 7.15. The molecule has 2 N–H and O–H groups in total. The van der Waals surface area contributed by atoms with E-state index >= 15 is 0 Å². The number of rotatable bonds is 4. The Morgan fingerprint density at radius 2 is 2.16 bits per heavy atom. The average Bonchev–Trinajstić information content (AvgIpc) is 3.41. The zero-order valence-corrected chi connectivity index (χ0v) is 17.4. The summed E-state index contributed by atoms with van der Waals surface area (Å²) in [6.07, 6.45) is 5.01. The monoisotopic (exact) mass is 434 g/mol. The molecule has 0 aliphatic carbocycles. The smallest absolute Gasteiger partial charge is 0.277 e. The van der Waals surface area contributed by atoms with Gasteiger partial charge in [0.1, 0.15) is 17.1 Å². The molecule has 1 aromatic carbocycles. The normalized spacial score (nSPS) is 13.1. The van der Waals surface area contributed by atoms with E-state index in [1.807, 2.05) is 24.3 Å². The van der Waals surface area contributed by atoms with Crippen LogP contribution < -0.4 is 10.1 Å². The third-order valence-corrected chi connectivity index (χ3v) is 6.09. The molecule has 0 unspecified atom stereocenters. The molecule has 4 heterocycles. The van der Waals surface area contributed by atoms with Crippen LogP contribution in [-0.2, 0) is 13.0 Å². The molecular weight excluding hydrogens is 416 g/mol. The molecule has 0 fully saturated rings. The van der Waals surface area contributed by atoms with Gasteiger partial charge in [0.05, 0.1) is 25.5 Å². The first-order valence-electron chi connectivity index (χ1n) is 9.62. The summed E-state index contributed by atoms with van der Waals surface area (Å²) in [6, 6.07) is 7.51. The largest absolute Gasteiger partial charge is 0.497 e. The van der Waals surface area contributed by atoms with Gasteiger partial charge in [0, 0.05) is 47.2 Å². The van der Waals surface area contributed by atoms with E-state index in [2.05, 4.69) is 25.3 Å². The summed E-state index contributed by atoms with van der Waals surface area (Å²) in [6.45, 7) is 1.01. The summed E-state index contributed by atoms with van der Waals surface area (Å²) >= 11 is 1.37. The number of methoxy groups -OCH3 is 1. The summed E-state index contributed by atoms with van der Waals surface area (Å²) in [7, 11) is 1.61. The number of fused-ring (bicyclic) bond motifs is 2. The summed E-state index contributed by atoms with van der Waals surface area (Å²) in [4.78, 5) is 43.7. The maximum absolute atomic E-state index is 13.1. The third kappa shape index (κ3) is 3.73. The Morgan fingerprint density at radius 3 is 2.97 bits per heavy atom. The number of hydrogen-bond acceptors (Lipinski definition) is 7. The van der Waals surface area contributed by atoms with Crippen molar-refractivity contribution < 1.29 is 14.3 Å². The Balaban J connectivity index is 1.31. The molecule has 31 heavy (non-hydrogen) atoms. The number of anilines is 1. The van der Waals surface area contributed by atoms with Crippen LogP contribution in [0, 0.1) is 0 Å². The van der Waals surface area contributed by atoms with Crippen LogP contribution in [0.15, 0.2) is 42.9 Å². The Hall–Kier alpha value is -3.79. The van der Waals surface area contributed by atoms with E-state index in [0.29, 0.717) is 30.3 Å². The molecule has 9 nitrogen and oxygen atoms in total. The number of carbonyl (C=O) groups excluding carboxylic acids is 2. The highest BCUT2D eigenvalue weighted by Gasteiger charge is 2.26. The molecule has 0 bridgehead atoms. The second-order valence-electron chi connectivity index (χ2n) is 7.05. The van der Waals surface area contributed by atoms with Crippen molar-refractivity contribution in [1.82, 2.24) is 24.8 Å². The molecule has 0 saturated carbocycles. The highest BCUT2D eigenvalue weighted by atomic mass is 32.1. The van der Waals surface area contributed by atoms with E-state index < -0.39 is 0 Å². The summed E-state index contributed by atoms with van der Waals surface area (Å²) < 4.78 is 5.25. The van der Waals surface area contributed by atoms with E-state index in [-0.39, 0.29) is 17.5 Å². The number of H-pyrrole nitrogens is 1. The van der Waals surface area contributed by atoms with E-state index in [1.165, 1.54) is 29.9 Å². The molecule has 156 valence electrons. The van der Waals surface area contributed by atoms with Gasteiger partial charge in [0.15, 0.2) is 5.13 Å². The Bertz CT molecular complexity index is 1280. The molecule has 10 heteroatoms. The fraction of sp³-hybridized carbons (Fsp3) is 0.190. The lowest BCUT2D eigenvalue weighted by molar-refractivity contribution is 0.0731. The predicted octanol–water partition coefficient (Wildman–Crippen LogP) is 2.87. The van der Waals surface area contributed by atoms with E-state index in [0.717, 1.165) is 27.2 Å². The van der Waals surface area contributed by atoms with Gasteiger partial charge in [-0.1, -0.05) is 11.3 Å². The molecule has 0 atom stereocenters. The van der Waals surface area contributed by atoms with Gasteiger partial charge in [-0.2, -0.15) is 0 Å². The SMILES string of the molecule is COc1ccc2cc(C(=O)N3CCc4nc(NC(=O)c5cnccn5)sc4C3)[nH]c2c1. The van der Waals surface area contributed by atoms with Crippen molar-refractivity contribution in [2.24, 2.45) is 0 Å². The van der Waals surface area contributed by atoms with Crippen molar-refractivity contribution in [3.05, 3.63) is 64.8 Å². The average molecular weight is 434 g/mol. The van der Waals surface area contributed by atoms with Crippen LogP contribution in [0.2, 0.25) is 0 Å². The maximum atomic E-state index is 13.1. The lowest BCUT2D eigenvalue weighted by Gasteiger charge is -2.25. The Labute approximate surface area is 181 Å². The standard InChI is InChI=1S/C21H18N6O3S/c1-30-13-3-2-12-8-16(24-15(12)9-13)20(29)27-7-4-14-18(11-27)31-21(25-14)26-19(28)17-10-22-5-6-23-17/h2-3,5-6,8-10,24H,4,7,11H2,1H3,(H,25,26,28). The Morgan fingerprint density at radius 1 is 1.26 bits per heavy atom. The number of carbonyl (C=O) groups is 2. The first-order chi connectivity index (χ1) is 15.1. The van der Waals surface area contributed by atoms with Crippen LogP contribution in [0.3, 0.4) is 0 Å². The van der Waals surface area contributed by atoms with Gasteiger partial charge in [-0.3, -0.25) is 19.9 Å². The van der Waals surface area contributed by atoms with Crippen LogP contribution in [0.4, 0.5) is 5.13 Å². The molecule has 0 spiro atoms. The lowest BCUT2D eigenvalue weighted by atomic mass is 10.1. The van der Waals surface area contributed by atoms with Gasteiger partial charge >= 0.3 is 0 Å². The first-order valence-corrected chi connectivity index (χ1v) is 10.4. The first kappa shape index (κ1) is 19.2. The van der Waals surface area contributed by atoms with Crippen molar-refractivity contribution in [3.8, 4) is 5.75 Å². The highest BCUT2D eigenvalue weighted by Crippen LogP contribution is 2.30. The van der Waals surface area contributed by atoms with Crippen LogP contribution in [0.5, 0.6) is 5.75 Å². The van der Waals surface area contributed by atoms with Crippen molar-refractivity contribution in [3.63, 3.8) is 0 Å². The van der Waals surface area contributed by atoms with Crippen molar-refractivity contribution >= 4 is 39.2 Å². The van der Waals surface area contributed by atoms with Gasteiger partial charge in [-0.05, 0) is 18.2 Å². The molecule has 3 aromatic heterocycles. The molecule has 0 radical (unpaired) electrons. The van der Waals surface area contributed by atoms with Gasteiger partial charge in [0.2, 0.25) is 0 Å². The van der Waals surface area contributed by atoms with Crippen molar-refractivity contribution in [2.45, 2.75) is 13.0 Å². The van der Waals surface area contributed by atoms with E-state index in [4.69, 9.17) is 4.74 Å². The second kappa shape index (κ2) is 7.80. The second-order valence-corrected chi connectivity index (χ2v) is 8.13. The zero-order chi connectivity index (χ0) is 21.4. The zero-order valence-electron chi connectivity index (χ0n) is 16.6. The van der Waals surface area contributed by atoms with E-state index in [9.17, 15) is 9.59 Å². The fourth-order valence-corrected chi connectivity index (χ4v) is 4.54. The Kier molecular flexibility index (Phi) is 4.83. The van der Waals surface area contributed by atoms with Crippen LogP contribution in [0.1, 0.15) is 31.5 Å². The molecule has 1 aliphatic heterocycles. The number of aromatic nitrogens is 4. The quantitative estimate of drug-likeness (QED) is 0.511. The minimum atomic E-state index is -0.361. The minimum Gasteiger partial charge on any atom is -0.497 e. The van der Waals surface area contributed by atoms with Gasteiger partial charge < -0.3 is 14.6 Å². The van der Waals surface area contributed by atoms with Crippen molar-refractivity contribution in [2.75, 3.05) is 19.0 Å². The van der Waals surface area contributed by atoms with Gasteiger partial charge in [0.25, 0.3) is 11.8 Å². The lowest BCUT2D eigenvalue weighted by Crippen LogP contribution is -2.35. The summed E-state index contributed by atoms with van der Waals surface area (Å²) in [5.41, 5.74) is 2.52. The third-order valence-electron chi connectivity index (χ3n) is 5.09. The molecule has 2 amide bonds. The molecule has 1 aliphatic rings. The number of nitrogens with zero attached hydrogens (tertiary/aromatic N) is 4. The van der Waals surface area contributed by atoms with Crippen LogP contribution in [0.25, 0.3) is 10.9 Å². The van der Waals surface area contributed by atoms with E-state index in [1.54, 1.807) is 12.0 Å². The summed E-state index contributed by atoms with van der Waals surface area (Å²) in [5.74, 6) is 0.302. The van der Waals surface area contributed by atoms with Crippen LogP contribution >= 0.6 is 11.3 Å². The number of nitrogens with one attached hydrogen (secondary N) is 2. The molecule has 5 rings (SSSR count). The van der Waals surface area contributed by atoms with Crippen LogP contribution in [-0.4, -0.2) is 50.3 Å². The van der Waals surface area contributed by atoms with Gasteiger partial charge in [-0.15, -0.1) is 0 Å². The molecule has 4 aromatic rings. The minimum absolute atomic E-state index is 0.0700. The number of benzene rings is 1. The number of hydrogen-bond donors (Lipinski definition) is 2. The number of amides is 2. The summed E-state index contributed by atoms with van der Waals surface area (Å²) in [5, 5.41) is 4.21. The van der Waals surface area contributed by atoms with Crippen molar-refractivity contribution in [1.29, 1.82) is 0 Å². The van der Waals surface area contributed by atoms with Gasteiger partial charge in [-0.25, -0.2) is 9.97 Å². The fourth-order valence-electron chi connectivity index (χ4n) is 3.52. The predicted molar refractivity (Wildman–Crippen MR) is 115 cm³/mol. The number of thiazole rings is 1. The molecular formula is C21H18N6O3S. The maximum Gasteiger partial charge on any atom is 0.277 e.